The lowest BCUT2D eigenvalue weighted by Gasteiger charge is -2.23. The van der Waals surface area contributed by atoms with Gasteiger partial charge in [-0.3, -0.25) is 9.59 Å². The van der Waals surface area contributed by atoms with E-state index in [-0.39, 0.29) is 33.6 Å². The molecule has 3 rings (SSSR count). The molecule has 3 atom stereocenters. The second-order valence-electron chi connectivity index (χ2n) is 4.48. The fraction of sp³-hybridized carbons (Fsp3) is 0.818. The molecule has 1 heterocycles. The van der Waals surface area contributed by atoms with E-state index in [1.807, 2.05) is 30.4 Å². The molecule has 5 heteroatoms. The predicted octanol–water partition coefficient (Wildman–Crippen LogP) is 1.56. The summed E-state index contributed by atoms with van der Waals surface area (Å²) in [6.45, 7) is 2.23. The van der Waals surface area contributed by atoms with Crippen LogP contribution in [0.25, 0.3) is 0 Å². The van der Waals surface area contributed by atoms with Crippen LogP contribution in [0.4, 0.5) is 0 Å². The highest BCUT2D eigenvalue weighted by atomic mass is 32.2. The molecule has 0 N–H and O–H groups in total. The average molecular weight is 258 g/mol. The van der Waals surface area contributed by atoms with Crippen LogP contribution >= 0.6 is 23.5 Å². The van der Waals surface area contributed by atoms with E-state index in [1.54, 1.807) is 0 Å². The van der Waals surface area contributed by atoms with Crippen molar-refractivity contribution in [3.05, 3.63) is 0 Å². The molecule has 0 unspecified atom stereocenters. The Morgan fingerprint density at radius 3 is 2.81 bits per heavy atom. The van der Waals surface area contributed by atoms with Gasteiger partial charge in [0, 0.05) is 29.8 Å². The first-order chi connectivity index (χ1) is 7.69. The van der Waals surface area contributed by atoms with Crippen LogP contribution in [-0.4, -0.2) is 33.9 Å². The molecule has 1 spiro atoms. The van der Waals surface area contributed by atoms with E-state index in [1.165, 1.54) is 0 Å². The van der Waals surface area contributed by atoms with Crippen molar-refractivity contribution >= 4 is 35.3 Å². The Bertz CT molecular complexity index is 349. The predicted molar refractivity (Wildman–Crippen MR) is 64.4 cm³/mol. The summed E-state index contributed by atoms with van der Waals surface area (Å²) in [5.41, 5.74) is 0. The van der Waals surface area contributed by atoms with Crippen LogP contribution in [0.3, 0.4) is 0 Å². The Kier molecular flexibility index (Phi) is 2.51. The van der Waals surface area contributed by atoms with Gasteiger partial charge in [-0.2, -0.15) is 0 Å². The van der Waals surface area contributed by atoms with Crippen molar-refractivity contribution in [1.82, 2.24) is 0 Å². The number of carbonyl (C=O) groups excluding carboxylic acids is 2. The number of ketones is 1. The fourth-order valence-electron chi connectivity index (χ4n) is 3.03. The van der Waals surface area contributed by atoms with Gasteiger partial charge in [0.15, 0.2) is 0 Å². The first-order valence-corrected chi connectivity index (χ1v) is 7.64. The van der Waals surface area contributed by atoms with Gasteiger partial charge in [-0.25, -0.2) is 0 Å². The van der Waals surface area contributed by atoms with E-state index in [2.05, 4.69) is 0 Å². The van der Waals surface area contributed by atoms with Gasteiger partial charge in [0.25, 0.3) is 0 Å². The monoisotopic (exact) mass is 258 g/mol. The number of thioether (sulfide) groups is 2. The quantitative estimate of drug-likeness (QED) is 0.703. The van der Waals surface area contributed by atoms with Gasteiger partial charge in [-0.15, -0.1) is 23.5 Å². The van der Waals surface area contributed by atoms with Gasteiger partial charge in [0.2, 0.25) is 0 Å². The van der Waals surface area contributed by atoms with Gasteiger partial charge in [0.05, 0.1) is 16.6 Å². The second kappa shape index (κ2) is 3.67. The SMILES string of the molecule is CCOC(=O)[C@@H]1[C@H]2C(=O)CC3(SCCS3)[C@H]21. The minimum absolute atomic E-state index is 0.0165. The molecule has 0 aromatic carbocycles. The van der Waals surface area contributed by atoms with Crippen LogP contribution in [0.15, 0.2) is 0 Å². The molecule has 88 valence electrons. The maximum absolute atomic E-state index is 11.9. The van der Waals surface area contributed by atoms with Crippen LogP contribution in [0, 0.1) is 17.8 Å². The van der Waals surface area contributed by atoms with Gasteiger partial charge in [-0.1, -0.05) is 0 Å². The van der Waals surface area contributed by atoms with Crippen molar-refractivity contribution in [2.24, 2.45) is 17.8 Å². The van der Waals surface area contributed by atoms with Crippen LogP contribution in [-0.2, 0) is 14.3 Å². The summed E-state index contributed by atoms with van der Waals surface area (Å²) in [7, 11) is 0. The van der Waals surface area contributed by atoms with Crippen molar-refractivity contribution in [2.75, 3.05) is 18.1 Å². The molecule has 3 nitrogen and oxygen atoms in total. The molecule has 16 heavy (non-hydrogen) atoms. The number of carbonyl (C=O) groups is 2. The highest BCUT2D eigenvalue weighted by molar-refractivity contribution is 8.21. The molecule has 3 aliphatic rings. The normalized spacial score (nSPS) is 38.8. The van der Waals surface area contributed by atoms with E-state index >= 15 is 0 Å². The van der Waals surface area contributed by atoms with Gasteiger partial charge >= 0.3 is 5.97 Å². The molecule has 1 aliphatic heterocycles. The zero-order chi connectivity index (χ0) is 11.3. The van der Waals surface area contributed by atoms with Crippen molar-refractivity contribution in [2.45, 2.75) is 17.4 Å². The summed E-state index contributed by atoms with van der Waals surface area (Å²) in [5.74, 6) is 2.46. The largest absolute Gasteiger partial charge is 0.466 e. The van der Waals surface area contributed by atoms with Crippen molar-refractivity contribution < 1.29 is 14.3 Å². The van der Waals surface area contributed by atoms with Crippen LogP contribution in [0.5, 0.6) is 0 Å². The second-order valence-corrected chi connectivity index (χ2v) is 7.59. The summed E-state index contributed by atoms with van der Waals surface area (Å²) in [5, 5.41) is 0. The van der Waals surface area contributed by atoms with E-state index in [0.717, 1.165) is 11.5 Å². The Morgan fingerprint density at radius 2 is 2.19 bits per heavy atom. The van der Waals surface area contributed by atoms with E-state index in [9.17, 15) is 9.59 Å². The van der Waals surface area contributed by atoms with Gasteiger partial charge in [0.1, 0.15) is 5.78 Å². The Balaban J connectivity index is 1.79. The molecular weight excluding hydrogens is 244 g/mol. The number of fused-ring (bicyclic) bond motifs is 2. The molecule has 0 radical (unpaired) electrons. The van der Waals surface area contributed by atoms with Crippen molar-refractivity contribution in [1.29, 1.82) is 0 Å². The number of Topliss-reactive ketones (excluding diaryl/α,β-unsaturated/α-hetero) is 1. The topological polar surface area (TPSA) is 43.4 Å². The highest BCUT2D eigenvalue weighted by Gasteiger charge is 2.73. The van der Waals surface area contributed by atoms with Gasteiger partial charge < -0.3 is 4.74 Å². The summed E-state index contributed by atoms with van der Waals surface area (Å²) in [4.78, 5) is 23.6. The molecular formula is C11H14O3S2. The van der Waals surface area contributed by atoms with E-state index < -0.39 is 0 Å². The Hall–Kier alpha value is -0.160. The smallest absolute Gasteiger partial charge is 0.310 e. The minimum Gasteiger partial charge on any atom is -0.466 e. The number of hydrogen-bond donors (Lipinski definition) is 0. The molecule has 2 aliphatic carbocycles. The van der Waals surface area contributed by atoms with Crippen LogP contribution in [0.2, 0.25) is 0 Å². The lowest BCUT2D eigenvalue weighted by atomic mass is 10.1. The molecule has 1 saturated heterocycles. The van der Waals surface area contributed by atoms with Crippen molar-refractivity contribution in [3.8, 4) is 0 Å². The first-order valence-electron chi connectivity index (χ1n) is 5.67. The van der Waals surface area contributed by atoms with Crippen molar-refractivity contribution in [3.63, 3.8) is 0 Å². The number of ether oxygens (including phenoxy) is 1. The zero-order valence-electron chi connectivity index (χ0n) is 9.10. The number of rotatable bonds is 2. The summed E-state index contributed by atoms with van der Waals surface area (Å²) < 4.78 is 5.07. The molecule has 3 fully saturated rings. The molecule has 0 bridgehead atoms. The summed E-state index contributed by atoms with van der Waals surface area (Å²) >= 11 is 3.76. The Labute approximate surface area is 103 Å². The summed E-state index contributed by atoms with van der Waals surface area (Å²) in [6.07, 6.45) is 0.660. The molecule has 2 saturated carbocycles. The van der Waals surface area contributed by atoms with Crippen LogP contribution < -0.4 is 0 Å². The maximum Gasteiger partial charge on any atom is 0.310 e. The van der Waals surface area contributed by atoms with E-state index in [4.69, 9.17) is 4.74 Å². The molecule has 0 aromatic heterocycles. The highest BCUT2D eigenvalue weighted by Crippen LogP contribution is 2.70. The van der Waals surface area contributed by atoms with Gasteiger partial charge in [-0.05, 0) is 6.92 Å². The lowest BCUT2D eigenvalue weighted by Crippen LogP contribution is -2.24. The average Bonchev–Trinajstić information content (AvgIpc) is 2.77. The minimum atomic E-state index is -0.155. The third-order valence-corrected chi connectivity index (χ3v) is 7.25. The molecule has 0 aromatic rings. The third kappa shape index (κ3) is 1.37. The first kappa shape index (κ1) is 11.0. The third-order valence-electron chi connectivity index (χ3n) is 3.65. The maximum atomic E-state index is 11.9. The molecule has 0 amide bonds. The Morgan fingerprint density at radius 1 is 1.50 bits per heavy atom. The van der Waals surface area contributed by atoms with E-state index in [0.29, 0.717) is 13.0 Å². The summed E-state index contributed by atoms with van der Waals surface area (Å²) in [6, 6.07) is 0. The number of esters is 1. The zero-order valence-corrected chi connectivity index (χ0v) is 10.7. The van der Waals surface area contributed by atoms with Crippen LogP contribution in [0.1, 0.15) is 13.3 Å². The number of hydrogen-bond acceptors (Lipinski definition) is 5. The standard InChI is InChI=1S/C11H14O3S2/c1-2-14-10(13)8-7-6(12)5-11(9(7)8)15-3-4-16-11/h7-9H,2-5H2,1H3/t7-,8-,9-/m1/s1. The fourth-order valence-corrected chi connectivity index (χ4v) is 6.69. The lowest BCUT2D eigenvalue weighted by molar-refractivity contribution is -0.146.